The van der Waals surface area contributed by atoms with Crippen LogP contribution in [0.3, 0.4) is 0 Å². The molecule has 0 bridgehead atoms. The Kier molecular flexibility index (Phi) is 7.96. The minimum absolute atomic E-state index is 0.0110. The van der Waals surface area contributed by atoms with Crippen molar-refractivity contribution < 1.29 is 9.59 Å². The number of anilines is 2. The maximum atomic E-state index is 13.6. The molecule has 0 spiro atoms. The van der Waals surface area contributed by atoms with E-state index in [1.54, 1.807) is 4.90 Å². The van der Waals surface area contributed by atoms with Gasteiger partial charge in [0, 0.05) is 32.6 Å². The van der Waals surface area contributed by atoms with Gasteiger partial charge in [-0.1, -0.05) is 57.0 Å². The summed E-state index contributed by atoms with van der Waals surface area (Å²) >= 11 is 0. The van der Waals surface area contributed by atoms with Gasteiger partial charge in [0.1, 0.15) is 5.82 Å². The number of aromatic nitrogens is 2. The van der Waals surface area contributed by atoms with Crippen molar-refractivity contribution in [3.8, 4) is 0 Å². The van der Waals surface area contributed by atoms with Crippen LogP contribution in [-0.2, 0) is 22.7 Å². The van der Waals surface area contributed by atoms with Gasteiger partial charge >= 0.3 is 5.69 Å². The van der Waals surface area contributed by atoms with E-state index in [1.807, 2.05) is 52.0 Å². The number of amides is 2. The average molecular weight is 470 g/mol. The van der Waals surface area contributed by atoms with Gasteiger partial charge in [-0.05, 0) is 24.8 Å². The number of carbonyl (C=O) groups is 2. The molecule has 1 fully saturated rings. The van der Waals surface area contributed by atoms with Gasteiger partial charge in [-0.2, -0.15) is 0 Å². The van der Waals surface area contributed by atoms with Crippen LogP contribution in [0.2, 0.25) is 0 Å². The number of nitrogens with one attached hydrogen (secondary N) is 1. The third kappa shape index (κ3) is 5.58. The van der Waals surface area contributed by atoms with Crippen molar-refractivity contribution in [2.45, 2.75) is 60.0 Å². The lowest BCUT2D eigenvalue weighted by Crippen LogP contribution is -2.44. The minimum Gasteiger partial charge on any atom is -0.383 e. The zero-order chi connectivity index (χ0) is 25.0. The van der Waals surface area contributed by atoms with Gasteiger partial charge in [0.05, 0.1) is 5.92 Å². The van der Waals surface area contributed by atoms with E-state index in [4.69, 9.17) is 5.73 Å². The van der Waals surface area contributed by atoms with Crippen LogP contribution < -0.4 is 21.9 Å². The number of nitrogens with two attached hydrogens (primary N) is 1. The number of aromatic amines is 1. The molecule has 3 N–H and O–H groups in total. The number of unbranched alkanes of at least 4 members (excludes halogenated alkanes) is 1. The molecule has 2 aromatic rings. The van der Waals surface area contributed by atoms with Crippen molar-refractivity contribution in [3.63, 3.8) is 0 Å². The van der Waals surface area contributed by atoms with Crippen molar-refractivity contribution in [3.05, 3.63) is 56.2 Å². The SMILES string of the molecule is CCCCN(C(=O)[C@@H]1CC(=O)N(Cc2ccc(C)cc2)C1)c1c(N)n(CC(C)C)c(=O)[nH]c1=O. The first-order valence-corrected chi connectivity index (χ1v) is 11.9. The Morgan fingerprint density at radius 2 is 1.88 bits per heavy atom. The van der Waals surface area contributed by atoms with Gasteiger partial charge in [0.2, 0.25) is 11.8 Å². The van der Waals surface area contributed by atoms with Crippen LogP contribution in [-0.4, -0.2) is 39.4 Å². The molecule has 2 heterocycles. The topological polar surface area (TPSA) is 121 Å². The van der Waals surface area contributed by atoms with Crippen LogP contribution in [0.4, 0.5) is 11.5 Å². The average Bonchev–Trinajstić information content (AvgIpc) is 3.14. The van der Waals surface area contributed by atoms with E-state index in [0.717, 1.165) is 17.5 Å². The van der Waals surface area contributed by atoms with Gasteiger partial charge in [0.15, 0.2) is 5.69 Å². The van der Waals surface area contributed by atoms with Crippen LogP contribution in [0, 0.1) is 18.8 Å². The Morgan fingerprint density at radius 3 is 2.50 bits per heavy atom. The lowest BCUT2D eigenvalue weighted by Gasteiger charge is -2.27. The zero-order valence-corrected chi connectivity index (χ0v) is 20.5. The molecule has 0 radical (unpaired) electrons. The summed E-state index contributed by atoms with van der Waals surface area (Å²) in [6.07, 6.45) is 1.54. The first-order valence-electron chi connectivity index (χ1n) is 11.9. The maximum absolute atomic E-state index is 13.6. The van der Waals surface area contributed by atoms with Gasteiger partial charge in [-0.15, -0.1) is 0 Å². The van der Waals surface area contributed by atoms with Crippen molar-refractivity contribution in [2.24, 2.45) is 11.8 Å². The third-order valence-electron chi connectivity index (χ3n) is 6.09. The fraction of sp³-hybridized carbons (Fsp3) is 0.520. The lowest BCUT2D eigenvalue weighted by molar-refractivity contribution is -0.128. The number of hydrogen-bond donors (Lipinski definition) is 2. The first-order chi connectivity index (χ1) is 16.1. The Balaban J connectivity index is 1.89. The van der Waals surface area contributed by atoms with E-state index in [0.29, 0.717) is 19.5 Å². The quantitative estimate of drug-likeness (QED) is 0.583. The van der Waals surface area contributed by atoms with Crippen LogP contribution in [0.5, 0.6) is 0 Å². The molecular weight excluding hydrogens is 434 g/mol. The molecule has 1 saturated heterocycles. The fourth-order valence-corrected chi connectivity index (χ4v) is 4.26. The molecular formula is C25H35N5O4. The van der Waals surface area contributed by atoms with Crippen molar-refractivity contribution in [1.29, 1.82) is 0 Å². The summed E-state index contributed by atoms with van der Waals surface area (Å²) in [5.74, 6) is -0.908. The second-order valence-corrected chi connectivity index (χ2v) is 9.50. The van der Waals surface area contributed by atoms with Gasteiger partial charge < -0.3 is 15.5 Å². The highest BCUT2D eigenvalue weighted by molar-refractivity contribution is 6.00. The smallest absolute Gasteiger partial charge is 0.330 e. The number of nitrogens with zero attached hydrogens (tertiary/aromatic N) is 3. The number of H-pyrrole nitrogens is 1. The normalized spacial score (nSPS) is 15.9. The lowest BCUT2D eigenvalue weighted by atomic mass is 10.1. The molecule has 184 valence electrons. The number of rotatable bonds is 9. The molecule has 2 amide bonds. The Hall–Kier alpha value is -3.36. The Morgan fingerprint density at radius 1 is 1.21 bits per heavy atom. The van der Waals surface area contributed by atoms with Crippen LogP contribution >= 0.6 is 0 Å². The standard InChI is InChI=1S/C25H35N5O4/c1-5-6-11-29(21-22(26)30(13-16(2)3)25(34)27-23(21)32)24(33)19-12-20(31)28(15-19)14-18-9-7-17(4)8-10-18/h7-10,16,19H,5-6,11-15,26H2,1-4H3,(H,27,32,34)/t19-/m1/s1. The Bertz CT molecular complexity index is 1150. The van der Waals surface area contributed by atoms with Crippen molar-refractivity contribution >= 4 is 23.3 Å². The molecule has 1 aromatic carbocycles. The molecule has 0 aliphatic carbocycles. The third-order valence-corrected chi connectivity index (χ3v) is 6.09. The van der Waals surface area contributed by atoms with Gasteiger partial charge in [-0.3, -0.25) is 23.9 Å². The number of carbonyl (C=O) groups excluding carboxylic acids is 2. The minimum atomic E-state index is -0.687. The molecule has 9 heteroatoms. The highest BCUT2D eigenvalue weighted by Gasteiger charge is 2.38. The molecule has 3 rings (SSSR count). The van der Waals surface area contributed by atoms with Crippen LogP contribution in [0.25, 0.3) is 0 Å². The highest BCUT2D eigenvalue weighted by atomic mass is 16.2. The molecule has 0 saturated carbocycles. The van der Waals surface area contributed by atoms with Gasteiger partial charge in [0.25, 0.3) is 5.56 Å². The molecule has 1 aliphatic rings. The largest absolute Gasteiger partial charge is 0.383 e. The van der Waals surface area contributed by atoms with Crippen molar-refractivity contribution in [2.75, 3.05) is 23.7 Å². The summed E-state index contributed by atoms with van der Waals surface area (Å²) in [4.78, 5) is 56.8. The maximum Gasteiger partial charge on any atom is 0.330 e. The number of hydrogen-bond acceptors (Lipinski definition) is 5. The summed E-state index contributed by atoms with van der Waals surface area (Å²) < 4.78 is 1.30. The van der Waals surface area contributed by atoms with Crippen LogP contribution in [0.15, 0.2) is 33.9 Å². The Labute approximate surface area is 199 Å². The highest BCUT2D eigenvalue weighted by Crippen LogP contribution is 2.26. The number of aryl methyl sites for hydroxylation is 1. The van der Waals surface area contributed by atoms with E-state index in [1.165, 1.54) is 9.47 Å². The summed E-state index contributed by atoms with van der Waals surface area (Å²) in [5, 5.41) is 0. The second-order valence-electron chi connectivity index (χ2n) is 9.50. The number of likely N-dealkylation sites (tertiary alicyclic amines) is 1. The molecule has 1 atom stereocenters. The number of nitrogen functional groups attached to an aromatic ring is 1. The molecule has 1 aliphatic heterocycles. The van der Waals surface area contributed by atoms with E-state index >= 15 is 0 Å². The summed E-state index contributed by atoms with van der Waals surface area (Å²) in [5.41, 5.74) is 7.12. The predicted molar refractivity (Wildman–Crippen MR) is 133 cm³/mol. The van der Waals surface area contributed by atoms with E-state index in [-0.39, 0.29) is 48.7 Å². The monoisotopic (exact) mass is 469 g/mol. The zero-order valence-electron chi connectivity index (χ0n) is 20.5. The van der Waals surface area contributed by atoms with Crippen molar-refractivity contribution in [1.82, 2.24) is 14.5 Å². The molecule has 9 nitrogen and oxygen atoms in total. The van der Waals surface area contributed by atoms with Crippen LogP contribution in [0.1, 0.15) is 51.2 Å². The van der Waals surface area contributed by atoms with E-state index in [9.17, 15) is 19.2 Å². The fourth-order valence-electron chi connectivity index (χ4n) is 4.26. The number of benzene rings is 1. The summed E-state index contributed by atoms with van der Waals surface area (Å²) in [6, 6.07) is 7.94. The van der Waals surface area contributed by atoms with Gasteiger partial charge in [-0.25, -0.2) is 4.79 Å². The summed E-state index contributed by atoms with van der Waals surface area (Å²) in [6.45, 7) is 9.16. The molecule has 34 heavy (non-hydrogen) atoms. The second kappa shape index (κ2) is 10.7. The van der Waals surface area contributed by atoms with E-state index in [2.05, 4.69) is 4.98 Å². The molecule has 0 unspecified atom stereocenters. The predicted octanol–water partition coefficient (Wildman–Crippen LogP) is 2.27. The van der Waals surface area contributed by atoms with E-state index < -0.39 is 17.2 Å². The summed E-state index contributed by atoms with van der Waals surface area (Å²) in [7, 11) is 0. The first kappa shape index (κ1) is 25.3. The molecule has 1 aromatic heterocycles.